The third-order valence-electron chi connectivity index (χ3n) is 4.95. The molecule has 1 aromatic carbocycles. The van der Waals surface area contributed by atoms with E-state index in [-0.39, 0.29) is 10.8 Å². The number of nitrogens with one attached hydrogen (secondary N) is 1. The maximum Gasteiger partial charge on any atom is 0.160 e. The summed E-state index contributed by atoms with van der Waals surface area (Å²) in [4.78, 5) is 0. The first kappa shape index (κ1) is 21.4. The Morgan fingerprint density at radius 3 is 2.21 bits per heavy atom. The molecule has 0 amide bonds. The summed E-state index contributed by atoms with van der Waals surface area (Å²) in [6, 6.07) is 16.2. The smallest absolute Gasteiger partial charge is 0.160 e. The van der Waals surface area contributed by atoms with Crippen LogP contribution in [-0.4, -0.2) is 23.7 Å². The van der Waals surface area contributed by atoms with Gasteiger partial charge >= 0.3 is 0 Å². The van der Waals surface area contributed by atoms with E-state index < -0.39 is 11.0 Å². The third-order valence-corrected chi connectivity index (χ3v) is 6.56. The van der Waals surface area contributed by atoms with Crippen molar-refractivity contribution in [2.45, 2.75) is 58.8 Å². The van der Waals surface area contributed by atoms with Crippen molar-refractivity contribution in [1.29, 1.82) is 0 Å². The minimum atomic E-state index is -1.19. The molecule has 154 valence electrons. The zero-order chi connectivity index (χ0) is 21.2. The van der Waals surface area contributed by atoms with Crippen LogP contribution >= 0.6 is 0 Å². The van der Waals surface area contributed by atoms with Crippen molar-refractivity contribution in [2.24, 2.45) is 0 Å². The Morgan fingerprint density at radius 1 is 1.03 bits per heavy atom. The molecular weight excluding hydrogens is 380 g/mol. The molecular formula is C23H30N4OS. The fourth-order valence-corrected chi connectivity index (χ4v) is 4.20. The summed E-state index contributed by atoms with van der Waals surface area (Å²) in [6.07, 6.45) is 0.788. The molecule has 0 saturated carbocycles. The Balaban J connectivity index is 2.14. The Bertz CT molecular complexity index is 986. The van der Waals surface area contributed by atoms with Crippen LogP contribution in [-0.2, 0) is 11.0 Å². The molecule has 0 spiro atoms. The number of nitrogens with zero attached hydrogens (tertiary/aromatic N) is 3. The summed E-state index contributed by atoms with van der Waals surface area (Å²) in [5.41, 5.74) is 5.05. The summed E-state index contributed by atoms with van der Waals surface area (Å²) in [5.74, 6) is 0.779. The molecule has 1 N–H and O–H groups in total. The molecule has 0 aliphatic heterocycles. The average molecular weight is 411 g/mol. The van der Waals surface area contributed by atoms with Crippen molar-refractivity contribution in [2.75, 3.05) is 0 Å². The first-order chi connectivity index (χ1) is 13.7. The van der Waals surface area contributed by atoms with Gasteiger partial charge in [0.25, 0.3) is 0 Å². The van der Waals surface area contributed by atoms with Crippen LogP contribution in [0, 0.1) is 13.8 Å². The van der Waals surface area contributed by atoms with Gasteiger partial charge in [0.2, 0.25) is 0 Å². The van der Waals surface area contributed by atoms with Gasteiger partial charge in [0.05, 0.1) is 21.4 Å². The van der Waals surface area contributed by atoms with E-state index in [0.29, 0.717) is 0 Å². The summed E-state index contributed by atoms with van der Waals surface area (Å²) in [7, 11) is -1.19. The van der Waals surface area contributed by atoms with Gasteiger partial charge in [-0.05, 0) is 59.2 Å². The zero-order valence-electron chi connectivity index (χ0n) is 18.1. The van der Waals surface area contributed by atoms with Gasteiger partial charge in [0.1, 0.15) is 0 Å². The van der Waals surface area contributed by atoms with E-state index in [1.807, 2.05) is 51.1 Å². The normalized spacial score (nSPS) is 14.0. The second kappa shape index (κ2) is 8.59. The SMILES string of the molecule is CC[C@H](N[S@](=O)C(C)(C)C)c1cc(-n2c(C)ccc2C)nnc1-c1ccccc1. The minimum Gasteiger partial charge on any atom is -0.302 e. The van der Waals surface area contributed by atoms with Crippen molar-refractivity contribution in [3.05, 3.63) is 65.5 Å². The highest BCUT2D eigenvalue weighted by molar-refractivity contribution is 7.84. The Labute approximate surface area is 176 Å². The molecule has 2 heterocycles. The summed E-state index contributed by atoms with van der Waals surface area (Å²) in [5, 5.41) is 9.15. The predicted octanol–water partition coefficient (Wildman–Crippen LogP) is 5.05. The molecule has 2 atom stereocenters. The molecule has 0 fully saturated rings. The van der Waals surface area contributed by atoms with Crippen molar-refractivity contribution in [1.82, 2.24) is 19.5 Å². The molecule has 0 unspecified atom stereocenters. The molecule has 3 aromatic rings. The number of aromatic nitrogens is 3. The first-order valence-electron chi connectivity index (χ1n) is 9.98. The van der Waals surface area contributed by atoms with Crippen LogP contribution in [0.25, 0.3) is 17.1 Å². The molecule has 5 nitrogen and oxygen atoms in total. The Kier molecular flexibility index (Phi) is 6.34. The van der Waals surface area contributed by atoms with E-state index in [0.717, 1.165) is 40.4 Å². The molecule has 0 radical (unpaired) electrons. The highest BCUT2D eigenvalue weighted by atomic mass is 32.2. The van der Waals surface area contributed by atoms with E-state index in [1.165, 1.54) is 0 Å². The van der Waals surface area contributed by atoms with Crippen LogP contribution in [0.3, 0.4) is 0 Å². The lowest BCUT2D eigenvalue weighted by Gasteiger charge is -2.25. The fourth-order valence-electron chi connectivity index (χ4n) is 3.29. The van der Waals surface area contributed by atoms with Gasteiger partial charge in [0.15, 0.2) is 5.82 Å². The lowest BCUT2D eigenvalue weighted by atomic mass is 9.99. The highest BCUT2D eigenvalue weighted by Gasteiger charge is 2.25. The number of hydrogen-bond acceptors (Lipinski definition) is 3. The second-order valence-electron chi connectivity index (χ2n) is 8.28. The lowest BCUT2D eigenvalue weighted by Crippen LogP contribution is -2.36. The van der Waals surface area contributed by atoms with Crippen LogP contribution in [0.2, 0.25) is 0 Å². The molecule has 2 aromatic heterocycles. The van der Waals surface area contributed by atoms with E-state index >= 15 is 0 Å². The predicted molar refractivity (Wildman–Crippen MR) is 120 cm³/mol. The van der Waals surface area contributed by atoms with Crippen molar-refractivity contribution < 1.29 is 4.21 Å². The van der Waals surface area contributed by atoms with Crippen LogP contribution in [0.15, 0.2) is 48.5 Å². The maximum atomic E-state index is 12.8. The summed E-state index contributed by atoms with van der Waals surface area (Å²) < 4.78 is 17.9. The van der Waals surface area contributed by atoms with Crippen molar-refractivity contribution in [3.63, 3.8) is 0 Å². The summed E-state index contributed by atoms with van der Waals surface area (Å²) in [6.45, 7) is 12.1. The summed E-state index contributed by atoms with van der Waals surface area (Å²) >= 11 is 0. The van der Waals surface area contributed by atoms with E-state index in [9.17, 15) is 4.21 Å². The van der Waals surface area contributed by atoms with Gasteiger partial charge in [-0.25, -0.2) is 8.93 Å². The lowest BCUT2D eigenvalue weighted by molar-refractivity contribution is 0.587. The van der Waals surface area contributed by atoms with E-state index in [4.69, 9.17) is 0 Å². The minimum absolute atomic E-state index is 0.101. The Morgan fingerprint density at radius 2 is 1.66 bits per heavy atom. The van der Waals surface area contributed by atoms with Crippen molar-refractivity contribution in [3.8, 4) is 17.1 Å². The van der Waals surface area contributed by atoms with Crippen LogP contribution in [0.4, 0.5) is 0 Å². The molecule has 29 heavy (non-hydrogen) atoms. The van der Waals surface area contributed by atoms with E-state index in [2.05, 4.69) is 58.5 Å². The Hall–Kier alpha value is -2.31. The quantitative estimate of drug-likeness (QED) is 0.618. The molecule has 0 aliphatic rings. The van der Waals surface area contributed by atoms with Crippen LogP contribution in [0.1, 0.15) is 57.1 Å². The van der Waals surface area contributed by atoms with Gasteiger partial charge in [-0.15, -0.1) is 10.2 Å². The highest BCUT2D eigenvalue weighted by Crippen LogP contribution is 2.30. The van der Waals surface area contributed by atoms with Gasteiger partial charge in [0, 0.05) is 28.6 Å². The fraction of sp³-hybridized carbons (Fsp3) is 0.391. The standard InChI is InChI=1S/C23H30N4OS/c1-7-20(26-29(28)23(4,5)6)19-15-21(27-16(2)13-14-17(27)3)24-25-22(19)18-11-9-8-10-12-18/h8-15,20,26H,7H2,1-6H3/t20-,29+/m0/s1. The van der Waals surface area contributed by atoms with Gasteiger partial charge in [-0.1, -0.05) is 37.3 Å². The van der Waals surface area contributed by atoms with Gasteiger partial charge in [-0.2, -0.15) is 0 Å². The van der Waals surface area contributed by atoms with E-state index in [1.54, 1.807) is 0 Å². The van der Waals surface area contributed by atoms with Gasteiger partial charge in [-0.3, -0.25) is 0 Å². The van der Waals surface area contributed by atoms with Crippen LogP contribution < -0.4 is 4.72 Å². The molecule has 3 rings (SSSR count). The second-order valence-corrected chi connectivity index (χ2v) is 10.3. The molecule has 0 bridgehead atoms. The monoisotopic (exact) mass is 410 g/mol. The maximum absolute atomic E-state index is 12.8. The van der Waals surface area contributed by atoms with Crippen LogP contribution in [0.5, 0.6) is 0 Å². The third kappa shape index (κ3) is 4.65. The molecule has 6 heteroatoms. The number of rotatable bonds is 6. The number of aryl methyl sites for hydroxylation is 2. The van der Waals surface area contributed by atoms with Crippen molar-refractivity contribution >= 4 is 11.0 Å². The first-order valence-corrected chi connectivity index (χ1v) is 11.1. The zero-order valence-corrected chi connectivity index (χ0v) is 18.9. The average Bonchev–Trinajstić information content (AvgIpc) is 3.03. The topological polar surface area (TPSA) is 59.8 Å². The number of benzene rings is 1. The molecule has 0 aliphatic carbocycles. The number of hydrogen-bond donors (Lipinski definition) is 1. The van der Waals surface area contributed by atoms with Gasteiger partial charge < -0.3 is 4.57 Å². The molecule has 0 saturated heterocycles. The largest absolute Gasteiger partial charge is 0.302 e.